The molecule has 82 valence electrons. The van der Waals surface area contributed by atoms with E-state index in [0.717, 1.165) is 5.92 Å². The molecule has 2 aliphatic rings. The van der Waals surface area contributed by atoms with E-state index in [9.17, 15) is 0 Å². The van der Waals surface area contributed by atoms with Crippen LogP contribution in [0.5, 0.6) is 0 Å². The van der Waals surface area contributed by atoms with Gasteiger partial charge in [-0.25, -0.2) is 0 Å². The van der Waals surface area contributed by atoms with E-state index in [1.165, 1.54) is 32.4 Å². The van der Waals surface area contributed by atoms with Gasteiger partial charge in [0.05, 0.1) is 0 Å². The van der Waals surface area contributed by atoms with E-state index in [0.29, 0.717) is 6.04 Å². The number of nitrogens with two attached hydrogens (primary N) is 1. The Morgan fingerprint density at radius 1 is 1.43 bits per heavy atom. The van der Waals surface area contributed by atoms with Crippen LogP contribution in [0.25, 0.3) is 0 Å². The molecule has 0 spiro atoms. The lowest BCUT2D eigenvalue weighted by molar-refractivity contribution is 0.168. The van der Waals surface area contributed by atoms with Crippen molar-refractivity contribution in [1.82, 2.24) is 9.80 Å². The number of hydrogen-bond acceptors (Lipinski definition) is 3. The van der Waals surface area contributed by atoms with Crippen LogP contribution in [0.4, 0.5) is 0 Å². The Morgan fingerprint density at radius 3 is 2.43 bits per heavy atom. The zero-order valence-electron chi connectivity index (χ0n) is 9.66. The van der Waals surface area contributed by atoms with Crippen molar-refractivity contribution in [2.24, 2.45) is 11.7 Å². The lowest BCUT2D eigenvalue weighted by Crippen LogP contribution is -2.51. The van der Waals surface area contributed by atoms with Crippen molar-refractivity contribution in [1.29, 1.82) is 0 Å². The van der Waals surface area contributed by atoms with Gasteiger partial charge in [-0.3, -0.25) is 0 Å². The fraction of sp³-hybridized carbons (Fsp3) is 1.00. The second-order valence-electron chi connectivity index (χ2n) is 5.45. The van der Waals surface area contributed by atoms with E-state index in [4.69, 9.17) is 5.73 Å². The molecule has 0 bridgehead atoms. The number of likely N-dealkylation sites (N-methyl/N-ethyl adjacent to an activating group) is 1. The van der Waals surface area contributed by atoms with E-state index in [1.54, 1.807) is 0 Å². The molecule has 1 heterocycles. The molecule has 14 heavy (non-hydrogen) atoms. The molecular weight excluding hydrogens is 174 g/mol. The number of hydrogen-bond donors (Lipinski definition) is 1. The molecule has 2 unspecified atom stereocenters. The van der Waals surface area contributed by atoms with Crippen molar-refractivity contribution < 1.29 is 0 Å². The predicted molar refractivity (Wildman–Crippen MR) is 59.2 cm³/mol. The highest BCUT2D eigenvalue weighted by atomic mass is 15.2. The largest absolute Gasteiger partial charge is 0.324 e. The Bertz CT molecular complexity index is 211. The minimum Gasteiger partial charge on any atom is -0.324 e. The summed E-state index contributed by atoms with van der Waals surface area (Å²) in [6.07, 6.45) is 3.75. The molecule has 2 N–H and O–H groups in total. The van der Waals surface area contributed by atoms with Crippen molar-refractivity contribution >= 4 is 0 Å². The summed E-state index contributed by atoms with van der Waals surface area (Å²) in [6.45, 7) is 2.47. The first-order valence-corrected chi connectivity index (χ1v) is 5.67. The lowest BCUT2D eigenvalue weighted by atomic mass is 9.90. The molecule has 0 aromatic heterocycles. The number of likely N-dealkylation sites (tertiary alicyclic amines) is 1. The van der Waals surface area contributed by atoms with Crippen LogP contribution in [0.3, 0.4) is 0 Å². The van der Waals surface area contributed by atoms with Crippen molar-refractivity contribution in [2.75, 3.05) is 34.2 Å². The molecule has 2 fully saturated rings. The summed E-state index contributed by atoms with van der Waals surface area (Å²) < 4.78 is 0. The Morgan fingerprint density at radius 2 is 2.07 bits per heavy atom. The van der Waals surface area contributed by atoms with Gasteiger partial charge in [0.2, 0.25) is 0 Å². The second-order valence-corrected chi connectivity index (χ2v) is 5.45. The monoisotopic (exact) mass is 197 g/mol. The summed E-state index contributed by atoms with van der Waals surface area (Å²) in [5.74, 6) is 0.780. The standard InChI is InChI=1S/C11H23N3/c1-13(2)10(11(12)5-6-11)9-4-7-14(3)8-9/h9-10H,4-8,12H2,1-3H3. The van der Waals surface area contributed by atoms with Crippen molar-refractivity contribution in [3.63, 3.8) is 0 Å². The smallest absolute Gasteiger partial charge is 0.0316 e. The summed E-state index contributed by atoms with van der Waals surface area (Å²) in [7, 11) is 6.56. The average molecular weight is 197 g/mol. The van der Waals surface area contributed by atoms with Crippen molar-refractivity contribution in [3.05, 3.63) is 0 Å². The van der Waals surface area contributed by atoms with E-state index < -0.39 is 0 Å². The average Bonchev–Trinajstić information content (AvgIpc) is 2.65. The Balaban J connectivity index is 2.04. The molecule has 1 saturated carbocycles. The van der Waals surface area contributed by atoms with E-state index in [1.807, 2.05) is 0 Å². The Kier molecular flexibility index (Phi) is 2.58. The van der Waals surface area contributed by atoms with Crippen LogP contribution in [0.15, 0.2) is 0 Å². The van der Waals surface area contributed by atoms with Gasteiger partial charge < -0.3 is 15.5 Å². The van der Waals surface area contributed by atoms with Crippen LogP contribution in [-0.2, 0) is 0 Å². The highest BCUT2D eigenvalue weighted by Crippen LogP contribution is 2.42. The van der Waals surface area contributed by atoms with Gasteiger partial charge in [0.15, 0.2) is 0 Å². The first kappa shape index (κ1) is 10.4. The molecule has 1 aliphatic heterocycles. The van der Waals surface area contributed by atoms with E-state index in [-0.39, 0.29) is 5.54 Å². The fourth-order valence-corrected chi connectivity index (χ4v) is 3.07. The maximum absolute atomic E-state index is 6.36. The van der Waals surface area contributed by atoms with Crippen LogP contribution in [0.1, 0.15) is 19.3 Å². The molecule has 1 saturated heterocycles. The van der Waals surface area contributed by atoms with Crippen molar-refractivity contribution in [2.45, 2.75) is 30.8 Å². The molecular formula is C11H23N3. The first-order valence-electron chi connectivity index (χ1n) is 5.67. The number of nitrogens with zero attached hydrogens (tertiary/aromatic N) is 2. The van der Waals surface area contributed by atoms with E-state index in [2.05, 4.69) is 30.9 Å². The van der Waals surface area contributed by atoms with Gasteiger partial charge in [-0.05, 0) is 52.9 Å². The maximum Gasteiger partial charge on any atom is 0.0316 e. The van der Waals surface area contributed by atoms with Gasteiger partial charge in [-0.2, -0.15) is 0 Å². The highest BCUT2D eigenvalue weighted by Gasteiger charge is 2.50. The fourth-order valence-electron chi connectivity index (χ4n) is 3.07. The summed E-state index contributed by atoms with van der Waals surface area (Å²) in [5, 5.41) is 0. The third-order valence-electron chi connectivity index (χ3n) is 3.85. The highest BCUT2D eigenvalue weighted by molar-refractivity contribution is 5.10. The molecule has 3 heteroatoms. The second kappa shape index (κ2) is 3.47. The quantitative estimate of drug-likeness (QED) is 0.709. The first-order chi connectivity index (χ1) is 6.53. The summed E-state index contributed by atoms with van der Waals surface area (Å²) in [6, 6.07) is 0.590. The molecule has 0 radical (unpaired) electrons. The minimum atomic E-state index is 0.138. The molecule has 0 amide bonds. The molecule has 1 aliphatic carbocycles. The third kappa shape index (κ3) is 1.81. The summed E-state index contributed by atoms with van der Waals surface area (Å²) in [5.41, 5.74) is 6.50. The maximum atomic E-state index is 6.36. The minimum absolute atomic E-state index is 0.138. The topological polar surface area (TPSA) is 32.5 Å². The van der Waals surface area contributed by atoms with Gasteiger partial charge in [0.25, 0.3) is 0 Å². The van der Waals surface area contributed by atoms with E-state index >= 15 is 0 Å². The summed E-state index contributed by atoms with van der Waals surface area (Å²) >= 11 is 0. The molecule has 0 aromatic carbocycles. The van der Waals surface area contributed by atoms with Gasteiger partial charge in [-0.1, -0.05) is 0 Å². The van der Waals surface area contributed by atoms with Gasteiger partial charge in [0.1, 0.15) is 0 Å². The molecule has 2 rings (SSSR count). The SMILES string of the molecule is CN1CCC(C(N(C)C)C2(N)CC2)C1. The van der Waals surface area contributed by atoms with Crippen LogP contribution < -0.4 is 5.73 Å². The molecule has 3 nitrogen and oxygen atoms in total. The van der Waals surface area contributed by atoms with Gasteiger partial charge in [0, 0.05) is 18.1 Å². The van der Waals surface area contributed by atoms with Crippen LogP contribution >= 0.6 is 0 Å². The Labute approximate surface area is 87.2 Å². The van der Waals surface area contributed by atoms with Gasteiger partial charge in [-0.15, -0.1) is 0 Å². The van der Waals surface area contributed by atoms with Crippen LogP contribution in [0.2, 0.25) is 0 Å². The zero-order chi connectivity index (χ0) is 10.3. The van der Waals surface area contributed by atoms with Crippen LogP contribution in [-0.4, -0.2) is 55.6 Å². The van der Waals surface area contributed by atoms with Crippen molar-refractivity contribution in [3.8, 4) is 0 Å². The zero-order valence-corrected chi connectivity index (χ0v) is 9.66. The normalized spacial score (nSPS) is 33.6. The Hall–Kier alpha value is -0.120. The van der Waals surface area contributed by atoms with Crippen LogP contribution in [0, 0.1) is 5.92 Å². The number of rotatable bonds is 3. The molecule has 2 atom stereocenters. The lowest BCUT2D eigenvalue weighted by Gasteiger charge is -2.35. The van der Waals surface area contributed by atoms with Gasteiger partial charge >= 0.3 is 0 Å². The molecule has 0 aromatic rings. The third-order valence-corrected chi connectivity index (χ3v) is 3.85. The summed E-state index contributed by atoms with van der Waals surface area (Å²) in [4.78, 5) is 4.77. The predicted octanol–water partition coefficient (Wildman–Crippen LogP) is 0.360.